The van der Waals surface area contributed by atoms with E-state index in [4.69, 9.17) is 16.3 Å². The summed E-state index contributed by atoms with van der Waals surface area (Å²) in [6, 6.07) is 5.40. The third-order valence-corrected chi connectivity index (χ3v) is 3.45. The Bertz CT molecular complexity index is 900. The van der Waals surface area contributed by atoms with E-state index in [-0.39, 0.29) is 22.8 Å². The Hall–Kier alpha value is -3.14. The molecule has 0 N–H and O–H groups in total. The van der Waals surface area contributed by atoms with Gasteiger partial charge in [0.1, 0.15) is 23.7 Å². The highest BCUT2D eigenvalue weighted by Gasteiger charge is 2.31. The third-order valence-electron chi connectivity index (χ3n) is 3.15. The van der Waals surface area contributed by atoms with Crippen molar-refractivity contribution in [3.63, 3.8) is 0 Å². The number of carbonyl (C=O) groups is 2. The van der Waals surface area contributed by atoms with Crippen LogP contribution in [0.1, 0.15) is 15.9 Å². The number of carbonyl (C=O) groups excluding carboxylic acids is 2. The summed E-state index contributed by atoms with van der Waals surface area (Å²) in [5, 5.41) is 10.7. The molecule has 2 rings (SSSR count). The van der Waals surface area contributed by atoms with Crippen molar-refractivity contribution < 1.29 is 37.2 Å². The van der Waals surface area contributed by atoms with Crippen LogP contribution in [-0.2, 0) is 15.7 Å². The fourth-order valence-corrected chi connectivity index (χ4v) is 2.19. The molecule has 2 aromatic rings. The number of esters is 1. The van der Waals surface area contributed by atoms with Gasteiger partial charge in [0.25, 0.3) is 5.69 Å². The van der Waals surface area contributed by atoms with E-state index < -0.39 is 40.5 Å². The Morgan fingerprint density at radius 1 is 1.22 bits per heavy atom. The van der Waals surface area contributed by atoms with E-state index in [2.05, 4.69) is 4.74 Å². The number of benzene rings is 2. The molecule has 0 spiro atoms. The van der Waals surface area contributed by atoms with Gasteiger partial charge in [-0.05, 0) is 24.3 Å². The summed E-state index contributed by atoms with van der Waals surface area (Å²) in [4.78, 5) is 32.3. The van der Waals surface area contributed by atoms with Gasteiger partial charge in [0.05, 0.1) is 15.5 Å². The van der Waals surface area contributed by atoms with Crippen LogP contribution in [0.3, 0.4) is 0 Å². The Labute approximate surface area is 154 Å². The van der Waals surface area contributed by atoms with Crippen molar-refractivity contribution in [2.75, 3.05) is 6.61 Å². The summed E-state index contributed by atoms with van der Waals surface area (Å²) in [5.41, 5.74) is -2.08. The highest BCUT2D eigenvalue weighted by molar-refractivity contribution is 6.32. The number of ether oxygens (including phenoxy) is 2. The van der Waals surface area contributed by atoms with Crippen molar-refractivity contribution in [1.29, 1.82) is 0 Å². The minimum absolute atomic E-state index is 0.111. The minimum Gasteiger partial charge on any atom is -0.456 e. The molecule has 7 nitrogen and oxygen atoms in total. The van der Waals surface area contributed by atoms with Crippen molar-refractivity contribution in [2.45, 2.75) is 6.18 Å². The fraction of sp³-hybridized carbons (Fsp3) is 0.125. The number of nitro benzene ring substituents is 1. The van der Waals surface area contributed by atoms with Gasteiger partial charge in [0.15, 0.2) is 6.29 Å². The van der Waals surface area contributed by atoms with Crippen molar-refractivity contribution >= 4 is 29.5 Å². The highest BCUT2D eigenvalue weighted by atomic mass is 35.5. The molecule has 0 aliphatic rings. The minimum atomic E-state index is -4.59. The van der Waals surface area contributed by atoms with E-state index in [0.717, 1.165) is 30.3 Å². The molecule has 0 aromatic heterocycles. The van der Waals surface area contributed by atoms with Gasteiger partial charge in [-0.1, -0.05) is 11.6 Å². The largest absolute Gasteiger partial charge is 0.456 e. The Morgan fingerprint density at radius 2 is 1.93 bits per heavy atom. The molecule has 0 saturated heterocycles. The van der Waals surface area contributed by atoms with E-state index in [1.165, 1.54) is 0 Å². The first-order valence-corrected chi connectivity index (χ1v) is 7.45. The molecule has 11 heteroatoms. The lowest BCUT2D eigenvalue weighted by atomic mass is 10.1. The van der Waals surface area contributed by atoms with Crippen molar-refractivity contribution in [1.82, 2.24) is 0 Å². The molecule has 0 amide bonds. The second kappa shape index (κ2) is 8.04. The molecular formula is C16H9ClF3NO6. The number of aldehydes is 1. The van der Waals surface area contributed by atoms with Gasteiger partial charge in [-0.2, -0.15) is 13.2 Å². The standard InChI is InChI=1S/C16H9ClF3NO6/c17-12-7-9(16(18,19)20)1-4-14(12)27-10-2-3-13(21(24)25)11(8-10)15(23)26-6-5-22/h1-5,7-8H,6H2. The first-order chi connectivity index (χ1) is 12.6. The van der Waals surface area contributed by atoms with Gasteiger partial charge in [-0.15, -0.1) is 0 Å². The topological polar surface area (TPSA) is 95.7 Å². The lowest BCUT2D eigenvalue weighted by molar-refractivity contribution is -0.385. The van der Waals surface area contributed by atoms with Crippen LogP contribution in [0.15, 0.2) is 36.4 Å². The molecule has 0 aliphatic carbocycles. The van der Waals surface area contributed by atoms with Gasteiger partial charge < -0.3 is 9.47 Å². The van der Waals surface area contributed by atoms with Gasteiger partial charge in [0, 0.05) is 12.1 Å². The summed E-state index contributed by atoms with van der Waals surface area (Å²) in [5.74, 6) is -1.41. The average molecular weight is 404 g/mol. The zero-order valence-electron chi connectivity index (χ0n) is 13.2. The maximum Gasteiger partial charge on any atom is 0.416 e. The number of hydrogen-bond acceptors (Lipinski definition) is 6. The van der Waals surface area contributed by atoms with Gasteiger partial charge in [-0.25, -0.2) is 4.79 Å². The summed E-state index contributed by atoms with van der Waals surface area (Å²) in [6.45, 7) is -0.605. The molecule has 0 atom stereocenters. The SMILES string of the molecule is O=CCOC(=O)c1cc(Oc2ccc(C(F)(F)F)cc2Cl)ccc1[N+](=O)[O-]. The third kappa shape index (κ3) is 4.94. The van der Waals surface area contributed by atoms with Crippen LogP contribution in [0.5, 0.6) is 11.5 Å². The van der Waals surface area contributed by atoms with Crippen LogP contribution >= 0.6 is 11.6 Å². The van der Waals surface area contributed by atoms with Crippen LogP contribution in [0, 0.1) is 10.1 Å². The lowest BCUT2D eigenvalue weighted by Crippen LogP contribution is -2.10. The van der Waals surface area contributed by atoms with Crippen LogP contribution in [0.4, 0.5) is 18.9 Å². The molecule has 0 saturated carbocycles. The van der Waals surface area contributed by atoms with Gasteiger partial charge in [-0.3, -0.25) is 14.9 Å². The maximum absolute atomic E-state index is 12.7. The van der Waals surface area contributed by atoms with E-state index >= 15 is 0 Å². The number of halogens is 4. The number of hydrogen-bond donors (Lipinski definition) is 0. The first kappa shape index (κ1) is 20.2. The summed E-state index contributed by atoms with van der Waals surface area (Å²) >= 11 is 5.77. The second-order valence-corrected chi connectivity index (χ2v) is 5.35. The van der Waals surface area contributed by atoms with Crippen molar-refractivity contribution in [3.8, 4) is 11.5 Å². The molecule has 0 heterocycles. The average Bonchev–Trinajstić information content (AvgIpc) is 2.60. The van der Waals surface area contributed by atoms with E-state index in [9.17, 15) is 32.9 Å². The number of rotatable bonds is 6. The Balaban J connectivity index is 2.35. The van der Waals surface area contributed by atoms with E-state index in [1.807, 2.05) is 0 Å². The fourth-order valence-electron chi connectivity index (χ4n) is 1.98. The van der Waals surface area contributed by atoms with Crippen LogP contribution in [-0.4, -0.2) is 23.8 Å². The van der Waals surface area contributed by atoms with Gasteiger partial charge >= 0.3 is 12.1 Å². The zero-order chi connectivity index (χ0) is 20.2. The Kier molecular flexibility index (Phi) is 6.01. The smallest absolute Gasteiger partial charge is 0.416 e. The van der Waals surface area contributed by atoms with Crippen molar-refractivity contribution in [2.24, 2.45) is 0 Å². The number of nitro groups is 1. The molecule has 0 radical (unpaired) electrons. The molecule has 142 valence electrons. The van der Waals surface area contributed by atoms with E-state index in [1.54, 1.807) is 0 Å². The summed E-state index contributed by atoms with van der Waals surface area (Å²) < 4.78 is 47.8. The number of nitrogens with zero attached hydrogens (tertiary/aromatic N) is 1. The monoisotopic (exact) mass is 403 g/mol. The number of alkyl halides is 3. The van der Waals surface area contributed by atoms with Gasteiger partial charge in [0.2, 0.25) is 0 Å². The van der Waals surface area contributed by atoms with Crippen LogP contribution in [0.2, 0.25) is 5.02 Å². The molecule has 0 aliphatic heterocycles. The predicted molar refractivity (Wildman–Crippen MR) is 86.0 cm³/mol. The quantitative estimate of drug-likeness (QED) is 0.307. The molecule has 0 unspecified atom stereocenters. The Morgan fingerprint density at radius 3 is 2.48 bits per heavy atom. The van der Waals surface area contributed by atoms with Crippen molar-refractivity contribution in [3.05, 3.63) is 62.7 Å². The zero-order valence-corrected chi connectivity index (χ0v) is 13.9. The molecule has 2 aromatic carbocycles. The summed E-state index contributed by atoms with van der Waals surface area (Å²) in [7, 11) is 0. The lowest BCUT2D eigenvalue weighted by Gasteiger charge is -2.12. The second-order valence-electron chi connectivity index (χ2n) is 4.95. The van der Waals surface area contributed by atoms with E-state index in [0.29, 0.717) is 6.07 Å². The summed E-state index contributed by atoms with van der Waals surface area (Å²) in [6.07, 6.45) is -4.31. The molecule has 27 heavy (non-hydrogen) atoms. The van der Waals surface area contributed by atoms with Crippen LogP contribution < -0.4 is 4.74 Å². The molecular weight excluding hydrogens is 395 g/mol. The normalized spacial score (nSPS) is 11.0. The first-order valence-electron chi connectivity index (χ1n) is 7.07. The maximum atomic E-state index is 12.7. The molecule has 0 fully saturated rings. The highest BCUT2D eigenvalue weighted by Crippen LogP contribution is 2.37. The predicted octanol–water partition coefficient (Wildman–Crippen LogP) is 4.42. The van der Waals surface area contributed by atoms with Crippen LogP contribution in [0.25, 0.3) is 0 Å². The molecule has 0 bridgehead atoms.